The number of carbonyl (C=O) groups excluding carboxylic acids is 2. The van der Waals surface area contributed by atoms with E-state index in [2.05, 4.69) is 10.6 Å². The van der Waals surface area contributed by atoms with Gasteiger partial charge in [-0.1, -0.05) is 12.8 Å². The van der Waals surface area contributed by atoms with Crippen molar-refractivity contribution in [2.45, 2.75) is 32.2 Å². The van der Waals surface area contributed by atoms with Crippen molar-refractivity contribution in [3.05, 3.63) is 54.0 Å². The van der Waals surface area contributed by atoms with E-state index in [0.717, 1.165) is 31.5 Å². The van der Waals surface area contributed by atoms with Crippen molar-refractivity contribution < 1.29 is 14.0 Å². The van der Waals surface area contributed by atoms with E-state index in [-0.39, 0.29) is 11.9 Å². The lowest BCUT2D eigenvalue weighted by Crippen LogP contribution is -2.31. The second-order valence-corrected chi connectivity index (χ2v) is 6.22. The number of amides is 3. The molecule has 1 aromatic heterocycles. The molecule has 1 saturated heterocycles. The van der Waals surface area contributed by atoms with Gasteiger partial charge in [0.25, 0.3) is 5.91 Å². The van der Waals surface area contributed by atoms with Crippen molar-refractivity contribution in [1.29, 1.82) is 0 Å². The van der Waals surface area contributed by atoms with Crippen LogP contribution in [0.4, 0.5) is 10.5 Å². The Balaban J connectivity index is 1.52. The zero-order valence-electron chi connectivity index (χ0n) is 14.2. The first kappa shape index (κ1) is 17.1. The summed E-state index contributed by atoms with van der Waals surface area (Å²) < 4.78 is 4.95. The number of nitrogens with one attached hydrogen (secondary N) is 2. The number of benzene rings is 1. The van der Waals surface area contributed by atoms with Crippen LogP contribution in [0.1, 0.15) is 41.6 Å². The highest BCUT2D eigenvalue weighted by molar-refractivity contribution is 5.95. The zero-order chi connectivity index (χ0) is 17.5. The Morgan fingerprint density at radius 1 is 1.00 bits per heavy atom. The summed E-state index contributed by atoms with van der Waals surface area (Å²) >= 11 is 0. The van der Waals surface area contributed by atoms with Crippen molar-refractivity contribution in [2.75, 3.05) is 18.4 Å². The lowest BCUT2D eigenvalue weighted by molar-refractivity contribution is 0.0761. The van der Waals surface area contributed by atoms with Gasteiger partial charge in [-0.05, 0) is 43.2 Å². The molecular formula is C19H23N3O3. The minimum atomic E-state index is -0.298. The molecule has 1 aliphatic rings. The highest BCUT2D eigenvalue weighted by atomic mass is 16.3. The molecule has 0 spiro atoms. The van der Waals surface area contributed by atoms with Crippen molar-refractivity contribution in [2.24, 2.45) is 0 Å². The fraction of sp³-hybridized carbons (Fsp3) is 0.368. The fourth-order valence-electron chi connectivity index (χ4n) is 2.90. The Bertz CT molecular complexity index is 687. The van der Waals surface area contributed by atoms with Crippen LogP contribution >= 0.6 is 0 Å². The van der Waals surface area contributed by atoms with Crippen LogP contribution in [0.5, 0.6) is 0 Å². The van der Waals surface area contributed by atoms with Gasteiger partial charge in [0.05, 0.1) is 12.5 Å². The molecular weight excluding hydrogens is 318 g/mol. The summed E-state index contributed by atoms with van der Waals surface area (Å²) in [6.07, 6.45) is 7.68. The number of hydrogen-bond acceptors (Lipinski definition) is 3. The Labute approximate surface area is 147 Å². The van der Waals surface area contributed by atoms with E-state index in [1.165, 1.54) is 12.8 Å². The maximum absolute atomic E-state index is 12.5. The molecule has 0 saturated carbocycles. The minimum absolute atomic E-state index is 0.0675. The molecule has 3 rings (SSSR count). The molecule has 1 aromatic carbocycles. The molecule has 0 radical (unpaired) electrons. The topological polar surface area (TPSA) is 74.6 Å². The van der Waals surface area contributed by atoms with E-state index >= 15 is 0 Å². The van der Waals surface area contributed by atoms with E-state index in [9.17, 15) is 9.59 Å². The summed E-state index contributed by atoms with van der Waals surface area (Å²) in [5.41, 5.74) is 2.21. The van der Waals surface area contributed by atoms with Gasteiger partial charge in [-0.15, -0.1) is 0 Å². The number of hydrogen-bond donors (Lipinski definition) is 2. The number of likely N-dealkylation sites (tertiary alicyclic amines) is 1. The van der Waals surface area contributed by atoms with E-state index in [4.69, 9.17) is 4.42 Å². The van der Waals surface area contributed by atoms with Gasteiger partial charge in [-0.3, -0.25) is 4.79 Å². The average Bonchev–Trinajstić information content (AvgIpc) is 3.00. The van der Waals surface area contributed by atoms with Gasteiger partial charge in [0.15, 0.2) is 0 Å². The molecule has 6 nitrogen and oxygen atoms in total. The van der Waals surface area contributed by atoms with Crippen LogP contribution in [0.15, 0.2) is 47.3 Å². The SMILES string of the molecule is O=C(NCc1ccoc1)Nc1ccc(C(=O)N2CCCCCC2)cc1. The highest BCUT2D eigenvalue weighted by Gasteiger charge is 2.17. The number of furan rings is 1. The minimum Gasteiger partial charge on any atom is -0.472 e. The van der Waals surface area contributed by atoms with Crippen LogP contribution in [0.2, 0.25) is 0 Å². The van der Waals surface area contributed by atoms with Gasteiger partial charge >= 0.3 is 6.03 Å². The molecule has 3 amide bonds. The maximum Gasteiger partial charge on any atom is 0.319 e. The molecule has 1 fully saturated rings. The molecule has 6 heteroatoms. The Morgan fingerprint density at radius 2 is 1.72 bits per heavy atom. The summed E-state index contributed by atoms with van der Waals surface area (Å²) in [4.78, 5) is 26.3. The van der Waals surface area contributed by atoms with E-state index in [0.29, 0.717) is 17.8 Å². The van der Waals surface area contributed by atoms with Crippen LogP contribution in [-0.2, 0) is 6.54 Å². The zero-order valence-corrected chi connectivity index (χ0v) is 14.2. The summed E-state index contributed by atoms with van der Waals surface area (Å²) in [7, 11) is 0. The molecule has 25 heavy (non-hydrogen) atoms. The molecule has 1 aliphatic heterocycles. The lowest BCUT2D eigenvalue weighted by Gasteiger charge is -2.20. The van der Waals surface area contributed by atoms with Gasteiger partial charge in [-0.25, -0.2) is 4.79 Å². The Morgan fingerprint density at radius 3 is 2.36 bits per heavy atom. The number of anilines is 1. The van der Waals surface area contributed by atoms with E-state index < -0.39 is 0 Å². The molecule has 0 atom stereocenters. The normalized spacial score (nSPS) is 14.6. The summed E-state index contributed by atoms with van der Waals surface area (Å²) in [5, 5.41) is 5.50. The quantitative estimate of drug-likeness (QED) is 0.892. The van der Waals surface area contributed by atoms with Crippen LogP contribution in [0, 0.1) is 0 Å². The standard InChI is InChI=1S/C19H23N3O3/c23-18(22-10-3-1-2-4-11-22)16-5-7-17(8-6-16)21-19(24)20-13-15-9-12-25-14-15/h5-9,12,14H,1-4,10-11,13H2,(H2,20,21,24). The fourth-order valence-corrected chi connectivity index (χ4v) is 2.90. The number of nitrogens with zero attached hydrogens (tertiary/aromatic N) is 1. The summed E-state index contributed by atoms with van der Waals surface area (Å²) in [6.45, 7) is 2.05. The summed E-state index contributed by atoms with van der Waals surface area (Å²) in [6, 6.07) is 8.53. The Hall–Kier alpha value is -2.76. The first-order chi connectivity index (χ1) is 12.2. The van der Waals surface area contributed by atoms with Gasteiger partial charge in [0.1, 0.15) is 0 Å². The van der Waals surface area contributed by atoms with Crippen LogP contribution in [0.3, 0.4) is 0 Å². The van der Waals surface area contributed by atoms with Crippen LogP contribution in [0.25, 0.3) is 0 Å². The highest BCUT2D eigenvalue weighted by Crippen LogP contribution is 2.15. The summed E-state index contributed by atoms with van der Waals surface area (Å²) in [5.74, 6) is 0.0675. The second kappa shape index (κ2) is 8.37. The van der Waals surface area contributed by atoms with Gasteiger partial charge in [0.2, 0.25) is 0 Å². The van der Waals surface area contributed by atoms with Crippen molar-refractivity contribution in [1.82, 2.24) is 10.2 Å². The smallest absolute Gasteiger partial charge is 0.319 e. The third-order valence-electron chi connectivity index (χ3n) is 4.32. The van der Waals surface area contributed by atoms with Crippen molar-refractivity contribution in [3.63, 3.8) is 0 Å². The monoisotopic (exact) mass is 341 g/mol. The van der Waals surface area contributed by atoms with Gasteiger partial charge < -0.3 is 20.0 Å². The molecule has 2 N–H and O–H groups in total. The van der Waals surface area contributed by atoms with Crippen LogP contribution in [-0.4, -0.2) is 29.9 Å². The Kier molecular flexibility index (Phi) is 5.72. The largest absolute Gasteiger partial charge is 0.472 e. The first-order valence-corrected chi connectivity index (χ1v) is 8.67. The lowest BCUT2D eigenvalue weighted by atomic mass is 10.1. The maximum atomic E-state index is 12.5. The number of rotatable bonds is 4. The predicted molar refractivity (Wildman–Crippen MR) is 95.4 cm³/mol. The van der Waals surface area contributed by atoms with Crippen molar-refractivity contribution in [3.8, 4) is 0 Å². The van der Waals surface area contributed by atoms with Gasteiger partial charge in [0, 0.05) is 36.4 Å². The first-order valence-electron chi connectivity index (χ1n) is 8.67. The van der Waals surface area contributed by atoms with E-state index in [1.54, 1.807) is 42.9 Å². The number of carbonyl (C=O) groups is 2. The van der Waals surface area contributed by atoms with Gasteiger partial charge in [-0.2, -0.15) is 0 Å². The second-order valence-electron chi connectivity index (χ2n) is 6.22. The third kappa shape index (κ3) is 4.86. The molecule has 132 valence electrons. The van der Waals surface area contributed by atoms with E-state index in [1.807, 2.05) is 4.90 Å². The average molecular weight is 341 g/mol. The van der Waals surface area contributed by atoms with Crippen molar-refractivity contribution >= 4 is 17.6 Å². The third-order valence-corrected chi connectivity index (χ3v) is 4.32. The molecule has 0 bridgehead atoms. The molecule has 2 aromatic rings. The number of urea groups is 1. The molecule has 2 heterocycles. The predicted octanol–water partition coefficient (Wildman–Crippen LogP) is 3.62. The van der Waals surface area contributed by atoms with Crippen LogP contribution < -0.4 is 10.6 Å². The molecule has 0 aliphatic carbocycles. The molecule has 0 unspecified atom stereocenters.